The number of halogens is 1. The first kappa shape index (κ1) is 11.1. The second-order valence-corrected chi connectivity index (χ2v) is 4.47. The fourth-order valence-corrected chi connectivity index (χ4v) is 2.34. The summed E-state index contributed by atoms with van der Waals surface area (Å²) >= 11 is 5.90. The number of benzene rings is 1. The minimum absolute atomic E-state index is 0.0353. The summed E-state index contributed by atoms with van der Waals surface area (Å²) in [5.41, 5.74) is 2.21. The Hall–Kier alpha value is -2.01. The number of aromatic nitrogens is 2. The van der Waals surface area contributed by atoms with Crippen molar-refractivity contribution in [3.05, 3.63) is 34.5 Å². The lowest BCUT2D eigenvalue weighted by atomic mass is 10.0. The van der Waals surface area contributed by atoms with E-state index >= 15 is 0 Å². The van der Waals surface area contributed by atoms with Crippen LogP contribution in [-0.2, 0) is 13.7 Å². The molecule has 0 bridgehead atoms. The van der Waals surface area contributed by atoms with Gasteiger partial charge in [0.2, 0.25) is 0 Å². The van der Waals surface area contributed by atoms with E-state index in [1.165, 1.54) is 0 Å². The van der Waals surface area contributed by atoms with Crippen LogP contribution < -0.4 is 4.74 Å². The lowest BCUT2D eigenvalue weighted by Crippen LogP contribution is -2.09. The molecule has 0 saturated carbocycles. The molecule has 0 saturated heterocycles. The number of aryl methyl sites for hydroxylation is 1. The normalized spacial score (nSPS) is 12.6. The van der Waals surface area contributed by atoms with Gasteiger partial charge in [0.1, 0.15) is 12.4 Å². The van der Waals surface area contributed by atoms with Crippen molar-refractivity contribution >= 4 is 17.6 Å². The van der Waals surface area contributed by atoms with Crippen LogP contribution in [0.5, 0.6) is 5.75 Å². The van der Waals surface area contributed by atoms with Gasteiger partial charge in [-0.1, -0.05) is 11.6 Å². The molecule has 2 heterocycles. The summed E-state index contributed by atoms with van der Waals surface area (Å²) in [6, 6.07) is 5.27. The molecule has 2 aromatic rings. The molecule has 0 radical (unpaired) electrons. The van der Waals surface area contributed by atoms with Gasteiger partial charge in [0, 0.05) is 17.6 Å². The second-order valence-electron chi connectivity index (χ2n) is 4.03. The van der Waals surface area contributed by atoms with Crippen LogP contribution in [0.1, 0.15) is 16.1 Å². The smallest absolute Gasteiger partial charge is 0.356 e. The first-order valence-electron chi connectivity index (χ1n) is 5.30. The molecular weight excluding hydrogens is 256 g/mol. The molecule has 1 aromatic heterocycles. The highest BCUT2D eigenvalue weighted by Gasteiger charge is 2.28. The van der Waals surface area contributed by atoms with E-state index in [1.54, 1.807) is 23.9 Å². The molecule has 0 atom stereocenters. The molecule has 0 spiro atoms. The Morgan fingerprint density at radius 3 is 3.06 bits per heavy atom. The molecule has 18 heavy (non-hydrogen) atoms. The van der Waals surface area contributed by atoms with E-state index in [9.17, 15) is 4.79 Å². The lowest BCUT2D eigenvalue weighted by Gasteiger charge is -2.18. The molecule has 0 fully saturated rings. The van der Waals surface area contributed by atoms with Gasteiger partial charge in [-0.3, -0.25) is 4.68 Å². The zero-order valence-electron chi connectivity index (χ0n) is 9.48. The van der Waals surface area contributed by atoms with Crippen LogP contribution in [0.3, 0.4) is 0 Å². The molecule has 92 valence electrons. The fourth-order valence-electron chi connectivity index (χ4n) is 2.17. The second kappa shape index (κ2) is 3.74. The zero-order valence-corrected chi connectivity index (χ0v) is 10.2. The van der Waals surface area contributed by atoms with Gasteiger partial charge in [-0.05, 0) is 18.2 Å². The molecule has 0 aliphatic carbocycles. The van der Waals surface area contributed by atoms with Crippen LogP contribution in [0.15, 0.2) is 18.2 Å². The number of carboxylic acids is 1. The molecule has 1 aliphatic heterocycles. The average Bonchev–Trinajstić information content (AvgIpc) is 2.67. The Morgan fingerprint density at radius 2 is 2.33 bits per heavy atom. The minimum atomic E-state index is -1.05. The van der Waals surface area contributed by atoms with Crippen molar-refractivity contribution in [2.75, 3.05) is 0 Å². The molecule has 0 unspecified atom stereocenters. The zero-order chi connectivity index (χ0) is 12.9. The van der Waals surface area contributed by atoms with E-state index in [4.69, 9.17) is 21.4 Å². The molecule has 1 N–H and O–H groups in total. The van der Waals surface area contributed by atoms with Crippen LogP contribution in [0.4, 0.5) is 0 Å². The van der Waals surface area contributed by atoms with Crippen molar-refractivity contribution < 1.29 is 14.6 Å². The molecule has 3 rings (SSSR count). The summed E-state index contributed by atoms with van der Waals surface area (Å²) in [7, 11) is 1.72. The van der Waals surface area contributed by atoms with Gasteiger partial charge in [-0.25, -0.2) is 4.79 Å². The van der Waals surface area contributed by atoms with Gasteiger partial charge in [0.15, 0.2) is 5.69 Å². The van der Waals surface area contributed by atoms with Crippen molar-refractivity contribution in [2.45, 2.75) is 6.61 Å². The predicted octanol–water partition coefficient (Wildman–Crippen LogP) is 2.33. The Bertz CT molecular complexity index is 664. The Labute approximate surface area is 108 Å². The maximum Gasteiger partial charge on any atom is 0.356 e. The van der Waals surface area contributed by atoms with Gasteiger partial charge in [0.25, 0.3) is 0 Å². The van der Waals surface area contributed by atoms with Crippen LogP contribution >= 0.6 is 11.6 Å². The van der Waals surface area contributed by atoms with E-state index in [0.29, 0.717) is 16.3 Å². The van der Waals surface area contributed by atoms with Crippen LogP contribution in [0, 0.1) is 0 Å². The summed E-state index contributed by atoms with van der Waals surface area (Å²) in [5.74, 6) is -0.400. The summed E-state index contributed by atoms with van der Waals surface area (Å²) in [6.45, 7) is 0.193. The third-order valence-corrected chi connectivity index (χ3v) is 3.15. The molecule has 5 nitrogen and oxygen atoms in total. The third-order valence-electron chi connectivity index (χ3n) is 2.92. The van der Waals surface area contributed by atoms with Crippen molar-refractivity contribution in [1.29, 1.82) is 0 Å². The Kier molecular flexibility index (Phi) is 2.31. The highest BCUT2D eigenvalue weighted by Crippen LogP contribution is 2.39. The van der Waals surface area contributed by atoms with Crippen molar-refractivity contribution in [3.8, 4) is 17.0 Å². The number of rotatable bonds is 1. The monoisotopic (exact) mass is 264 g/mol. The molecule has 1 aromatic carbocycles. The highest BCUT2D eigenvalue weighted by atomic mass is 35.5. The summed E-state index contributed by atoms with van der Waals surface area (Å²) in [4.78, 5) is 11.1. The molecule has 6 heteroatoms. The largest absolute Gasteiger partial charge is 0.488 e. The van der Waals surface area contributed by atoms with Gasteiger partial charge in [-0.15, -0.1) is 0 Å². The molecular formula is C12H9ClN2O3. The van der Waals surface area contributed by atoms with Gasteiger partial charge in [0.05, 0.1) is 11.3 Å². The quantitative estimate of drug-likeness (QED) is 0.859. The van der Waals surface area contributed by atoms with Crippen molar-refractivity contribution in [2.24, 2.45) is 7.05 Å². The Morgan fingerprint density at radius 1 is 1.56 bits per heavy atom. The maximum absolute atomic E-state index is 11.1. The number of hydrogen-bond donors (Lipinski definition) is 1. The standard InChI is InChI=1S/C12H9ClN2O3/c1-15-11-7-3-2-6(13)4-9(7)18-5-8(11)10(14-15)12(16)17/h2-4H,5H2,1H3,(H,16,17). The number of carboxylic acid groups (broad SMARTS) is 1. The van der Waals surface area contributed by atoms with Crippen LogP contribution in [0.25, 0.3) is 11.3 Å². The summed E-state index contributed by atoms with van der Waals surface area (Å²) in [6.07, 6.45) is 0. The average molecular weight is 265 g/mol. The van der Waals surface area contributed by atoms with E-state index in [-0.39, 0.29) is 12.3 Å². The van der Waals surface area contributed by atoms with Crippen LogP contribution in [0.2, 0.25) is 5.02 Å². The minimum Gasteiger partial charge on any atom is -0.488 e. The summed E-state index contributed by atoms with van der Waals surface area (Å²) < 4.78 is 7.10. The van der Waals surface area contributed by atoms with Gasteiger partial charge >= 0.3 is 5.97 Å². The predicted molar refractivity (Wildman–Crippen MR) is 64.9 cm³/mol. The molecule has 0 amide bonds. The fraction of sp³-hybridized carbons (Fsp3) is 0.167. The van der Waals surface area contributed by atoms with E-state index in [2.05, 4.69) is 5.10 Å². The number of aromatic carboxylic acids is 1. The van der Waals surface area contributed by atoms with Crippen molar-refractivity contribution in [1.82, 2.24) is 9.78 Å². The topological polar surface area (TPSA) is 64.4 Å². The number of hydrogen-bond acceptors (Lipinski definition) is 3. The SMILES string of the molecule is Cn1nc(C(=O)O)c2c1-c1ccc(Cl)cc1OC2. The first-order valence-corrected chi connectivity index (χ1v) is 5.67. The van der Waals surface area contributed by atoms with E-state index < -0.39 is 5.97 Å². The number of fused-ring (bicyclic) bond motifs is 3. The van der Waals surface area contributed by atoms with E-state index in [1.807, 2.05) is 6.07 Å². The van der Waals surface area contributed by atoms with Crippen molar-refractivity contribution in [3.63, 3.8) is 0 Å². The molecule has 1 aliphatic rings. The van der Waals surface area contributed by atoms with Gasteiger partial charge < -0.3 is 9.84 Å². The van der Waals surface area contributed by atoms with Crippen LogP contribution in [-0.4, -0.2) is 20.9 Å². The maximum atomic E-state index is 11.1. The first-order chi connectivity index (χ1) is 8.58. The lowest BCUT2D eigenvalue weighted by molar-refractivity contribution is 0.0686. The number of carbonyl (C=O) groups is 1. The number of nitrogens with zero attached hydrogens (tertiary/aromatic N) is 2. The summed E-state index contributed by atoms with van der Waals surface area (Å²) in [5, 5.41) is 13.7. The third kappa shape index (κ3) is 1.48. The Balaban J connectivity index is 2.27. The van der Waals surface area contributed by atoms with Gasteiger partial charge in [-0.2, -0.15) is 5.10 Å². The van der Waals surface area contributed by atoms with E-state index in [0.717, 1.165) is 11.3 Å². The number of ether oxygens (including phenoxy) is 1. The highest BCUT2D eigenvalue weighted by molar-refractivity contribution is 6.30.